The van der Waals surface area contributed by atoms with E-state index in [0.29, 0.717) is 37.6 Å². The Bertz CT molecular complexity index is 639. The van der Waals surface area contributed by atoms with Gasteiger partial charge >= 0.3 is 0 Å². The summed E-state index contributed by atoms with van der Waals surface area (Å²) in [7, 11) is 1.61. The molecule has 0 aliphatic heterocycles. The lowest BCUT2D eigenvalue weighted by atomic mass is 10.2. The molecule has 6 nitrogen and oxygen atoms in total. The third kappa shape index (κ3) is 8.07. The maximum Gasteiger partial charge on any atom is 0.220 e. The number of hydrogen-bond donors (Lipinski definition) is 2. The van der Waals surface area contributed by atoms with E-state index in [0.717, 1.165) is 11.3 Å². The lowest BCUT2D eigenvalue weighted by Crippen LogP contribution is -2.23. The van der Waals surface area contributed by atoms with Crippen LogP contribution in [0.25, 0.3) is 0 Å². The minimum atomic E-state index is -0.00937. The zero-order chi connectivity index (χ0) is 16.5. The number of hydrogen-bond acceptors (Lipinski definition) is 5. The van der Waals surface area contributed by atoms with Crippen LogP contribution in [-0.2, 0) is 11.3 Å². The van der Waals surface area contributed by atoms with Gasteiger partial charge in [-0.3, -0.25) is 4.79 Å². The number of rotatable bonds is 8. The topological polar surface area (TPSA) is 86.5 Å². The van der Waals surface area contributed by atoms with Gasteiger partial charge in [0.2, 0.25) is 11.8 Å². The zero-order valence-corrected chi connectivity index (χ0v) is 15.6. The van der Waals surface area contributed by atoms with Gasteiger partial charge in [-0.2, -0.15) is 0 Å². The first-order valence-electron chi connectivity index (χ1n) is 7.45. The van der Waals surface area contributed by atoms with Crippen LogP contribution >= 0.6 is 24.8 Å². The van der Waals surface area contributed by atoms with Crippen LogP contribution in [0.15, 0.2) is 42.6 Å². The number of aromatic nitrogens is 1. The van der Waals surface area contributed by atoms with E-state index in [1.807, 2.05) is 30.3 Å². The summed E-state index contributed by atoms with van der Waals surface area (Å²) < 4.78 is 10.8. The molecular formula is C17H23Cl2N3O3. The van der Waals surface area contributed by atoms with E-state index in [9.17, 15) is 4.79 Å². The van der Waals surface area contributed by atoms with Crippen LogP contribution in [0.2, 0.25) is 0 Å². The Morgan fingerprint density at radius 1 is 1.16 bits per heavy atom. The zero-order valence-electron chi connectivity index (χ0n) is 13.9. The minimum absolute atomic E-state index is 0. The number of amides is 1. The van der Waals surface area contributed by atoms with Gasteiger partial charge in [0.25, 0.3) is 0 Å². The highest BCUT2D eigenvalue weighted by molar-refractivity contribution is 5.85. The predicted octanol–water partition coefficient (Wildman–Crippen LogP) is 3.08. The molecule has 0 spiro atoms. The van der Waals surface area contributed by atoms with Crippen LogP contribution in [0.5, 0.6) is 17.4 Å². The summed E-state index contributed by atoms with van der Waals surface area (Å²) in [6, 6.07) is 10.9. The van der Waals surface area contributed by atoms with Crippen molar-refractivity contribution in [1.82, 2.24) is 10.3 Å². The number of nitrogens with zero attached hydrogens (tertiary/aromatic N) is 1. The van der Waals surface area contributed by atoms with E-state index < -0.39 is 0 Å². The van der Waals surface area contributed by atoms with Crippen molar-refractivity contribution in [3.63, 3.8) is 0 Å². The number of nitrogens with two attached hydrogens (primary N) is 1. The standard InChI is InChI=1S/C17H21N3O3.2ClH/c1-22-14-4-6-15(7-5-14)23-17-11-13(8-10-19-17)12-20-16(21)3-2-9-18;;/h4-8,10-11H,2-3,9,12,18H2,1H3,(H,20,21);2*1H. The number of carbonyl (C=O) groups excluding carboxylic acids is 1. The van der Waals surface area contributed by atoms with Crippen molar-refractivity contribution in [2.75, 3.05) is 13.7 Å². The quantitative estimate of drug-likeness (QED) is 0.726. The number of pyridine rings is 1. The average Bonchev–Trinajstić information content (AvgIpc) is 2.59. The van der Waals surface area contributed by atoms with Crippen molar-refractivity contribution in [3.8, 4) is 17.4 Å². The van der Waals surface area contributed by atoms with Gasteiger partial charge in [-0.1, -0.05) is 0 Å². The largest absolute Gasteiger partial charge is 0.497 e. The Balaban J connectivity index is 0.00000288. The van der Waals surface area contributed by atoms with Gasteiger partial charge in [0, 0.05) is 25.2 Å². The number of benzene rings is 1. The van der Waals surface area contributed by atoms with Gasteiger partial charge < -0.3 is 20.5 Å². The lowest BCUT2D eigenvalue weighted by Gasteiger charge is -2.08. The average molecular weight is 388 g/mol. The Hall–Kier alpha value is -2.02. The summed E-state index contributed by atoms with van der Waals surface area (Å²) in [5.41, 5.74) is 6.30. The summed E-state index contributed by atoms with van der Waals surface area (Å²) in [6.45, 7) is 0.952. The number of halogens is 2. The summed E-state index contributed by atoms with van der Waals surface area (Å²) in [4.78, 5) is 15.8. The fraction of sp³-hybridized carbons (Fsp3) is 0.294. The van der Waals surface area contributed by atoms with Crippen molar-refractivity contribution in [1.29, 1.82) is 0 Å². The molecule has 1 heterocycles. The molecule has 0 aliphatic rings. The molecule has 3 N–H and O–H groups in total. The maximum absolute atomic E-state index is 11.6. The molecule has 2 rings (SSSR count). The van der Waals surface area contributed by atoms with Crippen LogP contribution in [0.3, 0.4) is 0 Å². The first kappa shape index (κ1) is 23.0. The Morgan fingerprint density at radius 2 is 1.84 bits per heavy atom. The Morgan fingerprint density at radius 3 is 2.48 bits per heavy atom. The fourth-order valence-corrected chi connectivity index (χ4v) is 1.93. The van der Waals surface area contributed by atoms with Crippen LogP contribution < -0.4 is 20.5 Å². The molecule has 0 bridgehead atoms. The normalized spacial score (nSPS) is 9.36. The van der Waals surface area contributed by atoms with Crippen molar-refractivity contribution >= 4 is 30.7 Å². The highest BCUT2D eigenvalue weighted by Gasteiger charge is 2.04. The maximum atomic E-state index is 11.6. The van der Waals surface area contributed by atoms with Crippen molar-refractivity contribution in [3.05, 3.63) is 48.2 Å². The van der Waals surface area contributed by atoms with E-state index in [1.54, 1.807) is 19.4 Å². The number of carbonyl (C=O) groups is 1. The van der Waals surface area contributed by atoms with Crippen LogP contribution in [0.4, 0.5) is 0 Å². The minimum Gasteiger partial charge on any atom is -0.497 e. The molecule has 0 radical (unpaired) electrons. The second-order valence-corrected chi connectivity index (χ2v) is 4.95. The molecule has 25 heavy (non-hydrogen) atoms. The van der Waals surface area contributed by atoms with E-state index >= 15 is 0 Å². The number of nitrogens with one attached hydrogen (secondary N) is 1. The van der Waals surface area contributed by atoms with Gasteiger partial charge in [0.1, 0.15) is 11.5 Å². The van der Waals surface area contributed by atoms with Gasteiger partial charge in [-0.05, 0) is 48.9 Å². The SMILES string of the molecule is COc1ccc(Oc2cc(CNC(=O)CCCN)ccn2)cc1.Cl.Cl. The van der Waals surface area contributed by atoms with Crippen LogP contribution in [0.1, 0.15) is 18.4 Å². The summed E-state index contributed by atoms with van der Waals surface area (Å²) in [5.74, 6) is 1.90. The van der Waals surface area contributed by atoms with Crippen molar-refractivity contribution < 1.29 is 14.3 Å². The predicted molar refractivity (Wildman–Crippen MR) is 102 cm³/mol. The molecule has 0 unspecified atom stereocenters. The first-order valence-corrected chi connectivity index (χ1v) is 7.45. The molecule has 0 atom stereocenters. The van der Waals surface area contributed by atoms with E-state index in [1.165, 1.54) is 0 Å². The van der Waals surface area contributed by atoms with E-state index in [-0.39, 0.29) is 30.7 Å². The summed E-state index contributed by atoms with van der Waals surface area (Å²) >= 11 is 0. The highest BCUT2D eigenvalue weighted by Crippen LogP contribution is 2.22. The third-order valence-electron chi connectivity index (χ3n) is 3.18. The second-order valence-electron chi connectivity index (χ2n) is 4.95. The molecule has 0 saturated carbocycles. The van der Waals surface area contributed by atoms with Gasteiger partial charge in [0.15, 0.2) is 0 Å². The molecule has 0 saturated heterocycles. The van der Waals surface area contributed by atoms with Crippen LogP contribution in [-0.4, -0.2) is 24.5 Å². The first-order chi connectivity index (χ1) is 11.2. The molecule has 138 valence electrons. The number of ether oxygens (including phenoxy) is 2. The van der Waals surface area contributed by atoms with Gasteiger partial charge in [-0.15, -0.1) is 24.8 Å². The van der Waals surface area contributed by atoms with E-state index in [2.05, 4.69) is 10.3 Å². The summed E-state index contributed by atoms with van der Waals surface area (Å²) in [5, 5.41) is 2.85. The smallest absolute Gasteiger partial charge is 0.220 e. The van der Waals surface area contributed by atoms with Gasteiger partial charge in [0.05, 0.1) is 7.11 Å². The Kier molecular flexibility index (Phi) is 11.4. The highest BCUT2D eigenvalue weighted by atomic mass is 35.5. The number of methoxy groups -OCH3 is 1. The Labute approximate surface area is 159 Å². The fourth-order valence-electron chi connectivity index (χ4n) is 1.93. The second kappa shape index (κ2) is 12.4. The van der Waals surface area contributed by atoms with Crippen molar-refractivity contribution in [2.24, 2.45) is 5.73 Å². The summed E-state index contributed by atoms with van der Waals surface area (Å²) in [6.07, 6.45) is 2.78. The molecule has 8 heteroatoms. The third-order valence-corrected chi connectivity index (χ3v) is 3.18. The molecule has 0 fully saturated rings. The molecule has 1 aromatic heterocycles. The molecule has 0 aliphatic carbocycles. The molecule has 2 aromatic rings. The van der Waals surface area contributed by atoms with Crippen molar-refractivity contribution in [2.45, 2.75) is 19.4 Å². The molecule has 1 aromatic carbocycles. The lowest BCUT2D eigenvalue weighted by molar-refractivity contribution is -0.121. The van der Waals surface area contributed by atoms with Gasteiger partial charge in [-0.25, -0.2) is 4.98 Å². The molecule has 1 amide bonds. The molecular weight excluding hydrogens is 365 g/mol. The van der Waals surface area contributed by atoms with Crippen LogP contribution in [0, 0.1) is 0 Å². The van der Waals surface area contributed by atoms with E-state index in [4.69, 9.17) is 15.2 Å². The monoisotopic (exact) mass is 387 g/mol.